The number of rotatable bonds is 6. The van der Waals surface area contributed by atoms with Gasteiger partial charge >= 0.3 is 6.09 Å². The first-order chi connectivity index (χ1) is 9.56. The number of hydrogen-bond acceptors (Lipinski definition) is 4. The van der Waals surface area contributed by atoms with Crippen LogP contribution >= 0.6 is 0 Å². The van der Waals surface area contributed by atoms with Crippen molar-refractivity contribution < 1.29 is 14.3 Å². The Labute approximate surface area is 118 Å². The van der Waals surface area contributed by atoms with Crippen LogP contribution in [0.2, 0.25) is 0 Å². The largest absolute Gasteiger partial charge is 0.450 e. The Morgan fingerprint density at radius 2 is 1.75 bits per heavy atom. The van der Waals surface area contributed by atoms with Crippen molar-refractivity contribution in [2.75, 3.05) is 23.8 Å². The highest BCUT2D eigenvalue weighted by atomic mass is 16.5. The topological polar surface area (TPSA) is 93.5 Å². The fraction of sp³-hybridized carbons (Fsp3) is 0.429. The highest BCUT2D eigenvalue weighted by molar-refractivity contribution is 5.92. The van der Waals surface area contributed by atoms with Crippen LogP contribution < -0.4 is 16.4 Å². The van der Waals surface area contributed by atoms with Crippen LogP contribution in [-0.2, 0) is 9.53 Å². The van der Waals surface area contributed by atoms with Crippen molar-refractivity contribution in [3.05, 3.63) is 24.3 Å². The Balaban J connectivity index is 2.54. The molecule has 0 saturated carbocycles. The van der Waals surface area contributed by atoms with Crippen molar-refractivity contribution in [3.8, 4) is 0 Å². The van der Waals surface area contributed by atoms with Crippen molar-refractivity contribution in [2.24, 2.45) is 11.7 Å². The Bertz CT molecular complexity index is 445. The molecule has 1 aromatic rings. The summed E-state index contributed by atoms with van der Waals surface area (Å²) in [6.07, 6.45) is 0.148. The van der Waals surface area contributed by atoms with Crippen molar-refractivity contribution in [2.45, 2.75) is 20.3 Å². The third kappa shape index (κ3) is 5.27. The molecule has 0 radical (unpaired) electrons. The number of anilines is 2. The van der Waals surface area contributed by atoms with Gasteiger partial charge in [0.15, 0.2) is 0 Å². The molecule has 0 fully saturated rings. The summed E-state index contributed by atoms with van der Waals surface area (Å²) in [4.78, 5) is 23.0. The first kappa shape index (κ1) is 16.0. The molecule has 1 atom stereocenters. The number of carbonyl (C=O) groups excluding carboxylic acids is 2. The molecule has 0 aromatic heterocycles. The van der Waals surface area contributed by atoms with E-state index in [-0.39, 0.29) is 11.8 Å². The number of benzene rings is 1. The van der Waals surface area contributed by atoms with Crippen LogP contribution in [0.3, 0.4) is 0 Å². The van der Waals surface area contributed by atoms with Gasteiger partial charge in [0.2, 0.25) is 5.91 Å². The summed E-state index contributed by atoms with van der Waals surface area (Å²) in [5, 5.41) is 5.37. The van der Waals surface area contributed by atoms with Gasteiger partial charge < -0.3 is 15.8 Å². The fourth-order valence-corrected chi connectivity index (χ4v) is 1.57. The highest BCUT2D eigenvalue weighted by Crippen LogP contribution is 2.15. The van der Waals surface area contributed by atoms with E-state index in [9.17, 15) is 9.59 Å². The van der Waals surface area contributed by atoms with Crippen LogP contribution in [0.15, 0.2) is 24.3 Å². The SMILES string of the molecule is CCOC(=O)Nc1ccc(NC(=O)C(C)CCN)cc1. The van der Waals surface area contributed by atoms with Gasteiger partial charge in [0.1, 0.15) is 0 Å². The molecule has 20 heavy (non-hydrogen) atoms. The van der Waals surface area contributed by atoms with E-state index < -0.39 is 6.09 Å². The van der Waals surface area contributed by atoms with Crippen molar-refractivity contribution in [1.29, 1.82) is 0 Å². The van der Waals surface area contributed by atoms with Gasteiger partial charge in [-0.3, -0.25) is 10.1 Å². The van der Waals surface area contributed by atoms with Crippen molar-refractivity contribution in [3.63, 3.8) is 0 Å². The third-order valence-corrected chi connectivity index (χ3v) is 2.72. The summed E-state index contributed by atoms with van der Waals surface area (Å²) in [5.74, 6) is -0.195. The van der Waals surface area contributed by atoms with E-state index in [1.54, 1.807) is 31.2 Å². The quantitative estimate of drug-likeness (QED) is 0.744. The maximum Gasteiger partial charge on any atom is 0.411 e. The fourth-order valence-electron chi connectivity index (χ4n) is 1.57. The molecular weight excluding hydrogens is 258 g/mol. The number of nitrogens with one attached hydrogen (secondary N) is 2. The Hall–Kier alpha value is -2.08. The zero-order chi connectivity index (χ0) is 15.0. The second-order valence-electron chi connectivity index (χ2n) is 4.39. The van der Waals surface area contributed by atoms with Crippen LogP contribution in [0.5, 0.6) is 0 Å². The normalized spacial score (nSPS) is 11.6. The molecule has 0 spiro atoms. The van der Waals surface area contributed by atoms with Gasteiger partial charge in [0.05, 0.1) is 6.61 Å². The van der Waals surface area contributed by atoms with E-state index in [1.807, 2.05) is 6.92 Å². The lowest BCUT2D eigenvalue weighted by atomic mass is 10.1. The second kappa shape index (κ2) is 8.16. The van der Waals surface area contributed by atoms with Gasteiger partial charge in [-0.2, -0.15) is 0 Å². The maximum atomic E-state index is 11.8. The lowest BCUT2D eigenvalue weighted by Crippen LogP contribution is -2.22. The zero-order valence-electron chi connectivity index (χ0n) is 11.8. The first-order valence-corrected chi connectivity index (χ1v) is 6.61. The Morgan fingerprint density at radius 3 is 2.25 bits per heavy atom. The van der Waals surface area contributed by atoms with Gasteiger partial charge in [0.25, 0.3) is 0 Å². The van der Waals surface area contributed by atoms with Crippen LogP contribution in [0.1, 0.15) is 20.3 Å². The predicted molar refractivity (Wildman–Crippen MR) is 78.6 cm³/mol. The predicted octanol–water partition coefficient (Wildman–Crippen LogP) is 2.18. The molecule has 0 aliphatic carbocycles. The molecule has 110 valence electrons. The third-order valence-electron chi connectivity index (χ3n) is 2.72. The maximum absolute atomic E-state index is 11.8. The summed E-state index contributed by atoms with van der Waals surface area (Å²) in [6, 6.07) is 6.82. The molecule has 1 aromatic carbocycles. The molecule has 0 aliphatic heterocycles. The lowest BCUT2D eigenvalue weighted by Gasteiger charge is -2.11. The van der Waals surface area contributed by atoms with Crippen LogP contribution in [0, 0.1) is 5.92 Å². The van der Waals surface area contributed by atoms with Gasteiger partial charge in [-0.1, -0.05) is 6.92 Å². The van der Waals surface area contributed by atoms with E-state index in [0.29, 0.717) is 30.9 Å². The van der Waals surface area contributed by atoms with Crippen LogP contribution in [0.4, 0.5) is 16.2 Å². The number of nitrogens with two attached hydrogens (primary N) is 1. The number of amides is 2. The average Bonchev–Trinajstić information content (AvgIpc) is 2.41. The van der Waals surface area contributed by atoms with E-state index in [4.69, 9.17) is 10.5 Å². The highest BCUT2D eigenvalue weighted by Gasteiger charge is 2.11. The zero-order valence-corrected chi connectivity index (χ0v) is 11.8. The molecule has 1 rings (SSSR count). The minimum atomic E-state index is -0.499. The van der Waals surface area contributed by atoms with Crippen LogP contribution in [0.25, 0.3) is 0 Å². The van der Waals surface area contributed by atoms with E-state index in [1.165, 1.54) is 0 Å². The Kier molecular flexibility index (Phi) is 6.52. The molecule has 6 heteroatoms. The molecule has 1 unspecified atom stereocenters. The summed E-state index contributed by atoms with van der Waals surface area (Å²) in [6.45, 7) is 4.37. The summed E-state index contributed by atoms with van der Waals surface area (Å²) in [7, 11) is 0. The summed E-state index contributed by atoms with van der Waals surface area (Å²) >= 11 is 0. The molecule has 2 amide bonds. The first-order valence-electron chi connectivity index (χ1n) is 6.61. The lowest BCUT2D eigenvalue weighted by molar-refractivity contribution is -0.119. The standard InChI is InChI=1S/C14H21N3O3/c1-3-20-14(19)17-12-6-4-11(5-7-12)16-13(18)10(2)8-9-15/h4-7,10H,3,8-9,15H2,1-2H3,(H,16,18)(H,17,19). The molecule has 4 N–H and O–H groups in total. The van der Waals surface area contributed by atoms with E-state index in [0.717, 1.165) is 0 Å². The van der Waals surface area contributed by atoms with E-state index >= 15 is 0 Å². The second-order valence-corrected chi connectivity index (χ2v) is 4.39. The van der Waals surface area contributed by atoms with Gasteiger partial charge in [-0.15, -0.1) is 0 Å². The van der Waals surface area contributed by atoms with Crippen LogP contribution in [-0.4, -0.2) is 25.2 Å². The number of ether oxygens (including phenoxy) is 1. The molecular formula is C14H21N3O3. The molecule has 6 nitrogen and oxygen atoms in total. The minimum absolute atomic E-state index is 0.0680. The monoisotopic (exact) mass is 279 g/mol. The molecule has 0 saturated heterocycles. The van der Waals surface area contributed by atoms with Crippen molar-refractivity contribution in [1.82, 2.24) is 0 Å². The smallest absolute Gasteiger partial charge is 0.411 e. The molecule has 0 bridgehead atoms. The minimum Gasteiger partial charge on any atom is -0.450 e. The summed E-state index contributed by atoms with van der Waals surface area (Å²) in [5.41, 5.74) is 6.70. The number of hydrogen-bond donors (Lipinski definition) is 3. The van der Waals surface area contributed by atoms with Gasteiger partial charge in [-0.25, -0.2) is 4.79 Å². The average molecular weight is 279 g/mol. The Morgan fingerprint density at radius 1 is 1.20 bits per heavy atom. The summed E-state index contributed by atoms with van der Waals surface area (Å²) < 4.78 is 4.77. The van der Waals surface area contributed by atoms with Crippen molar-refractivity contribution >= 4 is 23.4 Å². The van der Waals surface area contributed by atoms with Gasteiger partial charge in [-0.05, 0) is 44.2 Å². The number of carbonyl (C=O) groups is 2. The van der Waals surface area contributed by atoms with E-state index in [2.05, 4.69) is 10.6 Å². The van der Waals surface area contributed by atoms with Gasteiger partial charge in [0, 0.05) is 17.3 Å². The molecule has 0 heterocycles. The molecule has 0 aliphatic rings.